The minimum Gasteiger partial charge on any atom is -0.481 e. The standard InChI is InChI=1S/C15H19ClN6O/c1-23-15-11(13(17)20-9-21-15)7-19-10-4-6-22(8-10)14-12(16)3-2-5-18-14/h2-3,5,9-10,19H,4,6-8H2,1H3,(H2,17,20,21)/t10-/m1/s1. The molecule has 122 valence electrons. The summed E-state index contributed by atoms with van der Waals surface area (Å²) < 4.78 is 5.24. The van der Waals surface area contributed by atoms with E-state index in [-0.39, 0.29) is 0 Å². The molecule has 1 aliphatic rings. The van der Waals surface area contributed by atoms with Crippen LogP contribution in [0.2, 0.25) is 5.02 Å². The van der Waals surface area contributed by atoms with Gasteiger partial charge in [0.25, 0.3) is 0 Å². The highest BCUT2D eigenvalue weighted by Gasteiger charge is 2.25. The Morgan fingerprint density at radius 3 is 3.09 bits per heavy atom. The number of pyridine rings is 1. The van der Waals surface area contributed by atoms with Gasteiger partial charge in [-0.2, -0.15) is 0 Å². The van der Waals surface area contributed by atoms with Crippen molar-refractivity contribution in [2.75, 3.05) is 30.8 Å². The van der Waals surface area contributed by atoms with Crippen molar-refractivity contribution in [3.8, 4) is 5.88 Å². The van der Waals surface area contributed by atoms with Crippen molar-refractivity contribution in [3.05, 3.63) is 35.2 Å². The van der Waals surface area contributed by atoms with Crippen LogP contribution in [0.25, 0.3) is 0 Å². The molecule has 8 heteroatoms. The van der Waals surface area contributed by atoms with E-state index in [9.17, 15) is 0 Å². The van der Waals surface area contributed by atoms with Gasteiger partial charge in [0.2, 0.25) is 5.88 Å². The van der Waals surface area contributed by atoms with Crippen molar-refractivity contribution in [3.63, 3.8) is 0 Å². The number of aromatic nitrogens is 3. The maximum atomic E-state index is 6.21. The van der Waals surface area contributed by atoms with E-state index in [1.807, 2.05) is 12.1 Å². The first kappa shape index (κ1) is 15.8. The van der Waals surface area contributed by atoms with E-state index in [0.717, 1.165) is 30.9 Å². The van der Waals surface area contributed by atoms with Crippen LogP contribution >= 0.6 is 11.6 Å². The lowest BCUT2D eigenvalue weighted by Gasteiger charge is -2.19. The molecule has 0 amide bonds. The molecular weight excluding hydrogens is 316 g/mol. The molecule has 0 aromatic carbocycles. The molecule has 3 heterocycles. The van der Waals surface area contributed by atoms with Crippen LogP contribution in [-0.2, 0) is 6.54 Å². The highest BCUT2D eigenvalue weighted by atomic mass is 35.5. The smallest absolute Gasteiger partial charge is 0.222 e. The number of anilines is 2. The number of halogens is 1. The quantitative estimate of drug-likeness (QED) is 0.856. The molecule has 23 heavy (non-hydrogen) atoms. The topological polar surface area (TPSA) is 89.2 Å². The molecule has 1 aliphatic heterocycles. The maximum absolute atomic E-state index is 6.21. The number of ether oxygens (including phenoxy) is 1. The van der Waals surface area contributed by atoms with Crippen molar-refractivity contribution < 1.29 is 4.74 Å². The molecule has 1 fully saturated rings. The van der Waals surface area contributed by atoms with E-state index >= 15 is 0 Å². The molecule has 2 aromatic heterocycles. The Kier molecular flexibility index (Phi) is 4.78. The number of hydrogen-bond acceptors (Lipinski definition) is 7. The monoisotopic (exact) mass is 334 g/mol. The van der Waals surface area contributed by atoms with Crippen LogP contribution in [0.15, 0.2) is 24.7 Å². The second-order valence-corrected chi connectivity index (χ2v) is 5.78. The van der Waals surface area contributed by atoms with Gasteiger partial charge in [-0.25, -0.2) is 15.0 Å². The minimum atomic E-state index is 0.317. The summed E-state index contributed by atoms with van der Waals surface area (Å²) in [5, 5.41) is 4.16. The summed E-state index contributed by atoms with van der Waals surface area (Å²) >= 11 is 6.21. The van der Waals surface area contributed by atoms with Crippen molar-refractivity contribution >= 4 is 23.2 Å². The van der Waals surface area contributed by atoms with E-state index in [1.54, 1.807) is 13.3 Å². The number of nitrogens with zero attached hydrogens (tertiary/aromatic N) is 4. The van der Waals surface area contributed by atoms with Crippen LogP contribution in [0.1, 0.15) is 12.0 Å². The summed E-state index contributed by atoms with van der Waals surface area (Å²) in [6.45, 7) is 2.31. The molecular formula is C15H19ClN6O. The Hall–Kier alpha value is -2.12. The van der Waals surface area contributed by atoms with Gasteiger partial charge in [0.05, 0.1) is 17.7 Å². The molecule has 0 unspecified atom stereocenters. The van der Waals surface area contributed by atoms with Crippen LogP contribution in [0, 0.1) is 0 Å². The number of nitrogen functional groups attached to an aromatic ring is 1. The molecule has 3 N–H and O–H groups in total. The molecule has 0 radical (unpaired) electrons. The number of hydrogen-bond donors (Lipinski definition) is 2. The molecule has 3 rings (SSSR count). The number of nitrogens with one attached hydrogen (secondary N) is 1. The Morgan fingerprint density at radius 2 is 2.30 bits per heavy atom. The number of methoxy groups -OCH3 is 1. The zero-order chi connectivity index (χ0) is 16.2. The minimum absolute atomic E-state index is 0.317. The highest BCUT2D eigenvalue weighted by Crippen LogP contribution is 2.26. The lowest BCUT2D eigenvalue weighted by atomic mass is 10.2. The zero-order valence-corrected chi connectivity index (χ0v) is 13.6. The first-order valence-electron chi connectivity index (χ1n) is 7.41. The van der Waals surface area contributed by atoms with E-state index < -0.39 is 0 Å². The average Bonchev–Trinajstić information content (AvgIpc) is 3.02. The fraction of sp³-hybridized carbons (Fsp3) is 0.400. The van der Waals surface area contributed by atoms with Crippen LogP contribution in [0.4, 0.5) is 11.6 Å². The Balaban J connectivity index is 1.62. The summed E-state index contributed by atoms with van der Waals surface area (Å²) in [5.74, 6) is 1.78. The third-order valence-corrected chi connectivity index (χ3v) is 4.22. The average molecular weight is 335 g/mol. The van der Waals surface area contributed by atoms with Gasteiger partial charge in [0.1, 0.15) is 18.0 Å². The SMILES string of the molecule is COc1ncnc(N)c1CN[C@@H]1CCN(c2ncccc2Cl)C1. The fourth-order valence-corrected chi connectivity index (χ4v) is 2.97. The van der Waals surface area contributed by atoms with Crippen LogP contribution in [0.5, 0.6) is 5.88 Å². The van der Waals surface area contributed by atoms with Crippen LogP contribution in [-0.4, -0.2) is 41.2 Å². The Labute approximate surface area is 139 Å². The molecule has 0 saturated carbocycles. The van der Waals surface area contributed by atoms with E-state index in [2.05, 4.69) is 25.2 Å². The Bertz CT molecular complexity index is 683. The van der Waals surface area contributed by atoms with Crippen molar-refractivity contribution in [2.45, 2.75) is 19.0 Å². The second-order valence-electron chi connectivity index (χ2n) is 5.37. The predicted molar refractivity (Wildman–Crippen MR) is 89.7 cm³/mol. The molecule has 0 bridgehead atoms. The normalized spacial score (nSPS) is 17.5. The van der Waals surface area contributed by atoms with Gasteiger partial charge in [-0.1, -0.05) is 11.6 Å². The lowest BCUT2D eigenvalue weighted by molar-refractivity contribution is 0.388. The van der Waals surface area contributed by atoms with Crippen LogP contribution < -0.4 is 20.7 Å². The van der Waals surface area contributed by atoms with Gasteiger partial charge in [-0.05, 0) is 18.6 Å². The third kappa shape index (κ3) is 3.46. The maximum Gasteiger partial charge on any atom is 0.222 e. The van der Waals surface area contributed by atoms with E-state index in [0.29, 0.717) is 29.3 Å². The first-order valence-corrected chi connectivity index (χ1v) is 7.79. The van der Waals surface area contributed by atoms with Crippen LogP contribution in [0.3, 0.4) is 0 Å². The summed E-state index contributed by atoms with van der Waals surface area (Å²) in [6.07, 6.45) is 4.16. The Morgan fingerprint density at radius 1 is 1.43 bits per heavy atom. The van der Waals surface area contributed by atoms with Crippen molar-refractivity contribution in [2.24, 2.45) is 0 Å². The van der Waals surface area contributed by atoms with Gasteiger partial charge in [-0.15, -0.1) is 0 Å². The van der Waals surface area contributed by atoms with Crippen molar-refractivity contribution in [1.29, 1.82) is 0 Å². The van der Waals surface area contributed by atoms with Gasteiger partial charge in [-0.3, -0.25) is 0 Å². The molecule has 0 spiro atoms. The first-order chi connectivity index (χ1) is 11.2. The molecule has 1 atom stereocenters. The van der Waals surface area contributed by atoms with Gasteiger partial charge >= 0.3 is 0 Å². The summed E-state index contributed by atoms with van der Waals surface area (Å²) in [5.41, 5.74) is 6.69. The van der Waals surface area contributed by atoms with Crippen molar-refractivity contribution in [1.82, 2.24) is 20.3 Å². The molecule has 2 aromatic rings. The van der Waals surface area contributed by atoms with Gasteiger partial charge in [0, 0.05) is 31.9 Å². The number of rotatable bonds is 5. The molecule has 1 saturated heterocycles. The largest absolute Gasteiger partial charge is 0.481 e. The van der Waals surface area contributed by atoms with Gasteiger partial charge < -0.3 is 20.7 Å². The molecule has 0 aliphatic carbocycles. The second kappa shape index (κ2) is 6.97. The van der Waals surface area contributed by atoms with E-state index in [1.165, 1.54) is 6.33 Å². The summed E-state index contributed by atoms with van der Waals surface area (Å²) in [4.78, 5) is 14.6. The predicted octanol–water partition coefficient (Wildman–Crippen LogP) is 1.48. The fourth-order valence-electron chi connectivity index (χ4n) is 2.73. The summed E-state index contributed by atoms with van der Waals surface area (Å²) in [7, 11) is 1.58. The van der Waals surface area contributed by atoms with E-state index in [4.69, 9.17) is 22.1 Å². The number of nitrogens with two attached hydrogens (primary N) is 1. The highest BCUT2D eigenvalue weighted by molar-refractivity contribution is 6.32. The zero-order valence-electron chi connectivity index (χ0n) is 12.9. The molecule has 7 nitrogen and oxygen atoms in total. The lowest BCUT2D eigenvalue weighted by Crippen LogP contribution is -2.32. The summed E-state index contributed by atoms with van der Waals surface area (Å²) in [6, 6.07) is 4.01. The van der Waals surface area contributed by atoms with Gasteiger partial charge in [0.15, 0.2) is 0 Å². The third-order valence-electron chi connectivity index (χ3n) is 3.93.